The van der Waals surface area contributed by atoms with Gasteiger partial charge in [-0.15, -0.1) is 0 Å². The fraction of sp³-hybridized carbons (Fsp3) is 0.517. The topological polar surface area (TPSA) is 205 Å². The molecular formula is C29H35N3O8. The summed E-state index contributed by atoms with van der Waals surface area (Å²) in [6, 6.07) is 4.16. The van der Waals surface area contributed by atoms with Gasteiger partial charge in [0.25, 0.3) is 5.91 Å². The summed E-state index contributed by atoms with van der Waals surface area (Å²) in [6.45, 7) is 5.42. The number of likely N-dealkylation sites (N-methyl/N-ethyl adjacent to an activating group) is 1. The van der Waals surface area contributed by atoms with Crippen LogP contribution in [0.2, 0.25) is 0 Å². The largest absolute Gasteiger partial charge is 0.510 e. The van der Waals surface area contributed by atoms with Crippen molar-refractivity contribution in [2.45, 2.75) is 69.1 Å². The molecule has 11 heteroatoms. The highest BCUT2D eigenvalue weighted by Gasteiger charge is 2.67. The summed E-state index contributed by atoms with van der Waals surface area (Å²) in [6.07, 6.45) is -0.208. The van der Waals surface area contributed by atoms with E-state index in [1.54, 1.807) is 19.1 Å². The third kappa shape index (κ3) is 3.85. The lowest BCUT2D eigenvalue weighted by Gasteiger charge is -2.53. The molecule has 11 nitrogen and oxygen atoms in total. The van der Waals surface area contributed by atoms with Gasteiger partial charge in [0, 0.05) is 23.5 Å². The SMILES string of the molecule is CC1c2ccc(C(C)(C)CCCC#N)c(O)c2C(=O)C2=C(O)C3(O)C(=O)C(C(N)=O)=C(O)C(N(C)C)C3C(O)C21. The van der Waals surface area contributed by atoms with Crippen molar-refractivity contribution in [2.75, 3.05) is 14.1 Å². The second-order valence-corrected chi connectivity index (χ2v) is 11.9. The summed E-state index contributed by atoms with van der Waals surface area (Å²) in [4.78, 5) is 41.0. The van der Waals surface area contributed by atoms with Crippen LogP contribution in [0.25, 0.3) is 0 Å². The lowest BCUT2D eigenvalue weighted by Crippen LogP contribution is -2.68. The highest BCUT2D eigenvalue weighted by Crippen LogP contribution is 2.56. The Morgan fingerprint density at radius 1 is 1.20 bits per heavy atom. The number of aromatic hydroxyl groups is 1. The number of nitrogens with two attached hydrogens (primary N) is 1. The first-order valence-corrected chi connectivity index (χ1v) is 13.1. The maximum Gasteiger partial charge on any atom is 0.255 e. The van der Waals surface area contributed by atoms with Gasteiger partial charge in [0.1, 0.15) is 22.8 Å². The monoisotopic (exact) mass is 553 g/mol. The molecule has 0 heterocycles. The number of primary amides is 1. The number of nitrogens with zero attached hydrogens (tertiary/aromatic N) is 2. The summed E-state index contributed by atoms with van der Waals surface area (Å²) in [5, 5.41) is 66.1. The van der Waals surface area contributed by atoms with Gasteiger partial charge >= 0.3 is 0 Å². The second-order valence-electron chi connectivity index (χ2n) is 11.9. The van der Waals surface area contributed by atoms with E-state index in [2.05, 4.69) is 6.07 Å². The summed E-state index contributed by atoms with van der Waals surface area (Å²) in [5.41, 5.74) is 1.13. The average Bonchev–Trinajstić information content (AvgIpc) is 2.85. The first-order chi connectivity index (χ1) is 18.5. The molecule has 40 heavy (non-hydrogen) atoms. The van der Waals surface area contributed by atoms with E-state index in [4.69, 9.17) is 11.0 Å². The highest BCUT2D eigenvalue weighted by molar-refractivity contribution is 6.25. The number of aliphatic hydroxyl groups is 4. The van der Waals surface area contributed by atoms with Crippen LogP contribution in [-0.4, -0.2) is 79.7 Å². The number of hydrogen-bond donors (Lipinski definition) is 6. The molecule has 1 aromatic rings. The summed E-state index contributed by atoms with van der Waals surface area (Å²) >= 11 is 0. The smallest absolute Gasteiger partial charge is 0.255 e. The predicted octanol–water partition coefficient (Wildman–Crippen LogP) is 1.62. The summed E-state index contributed by atoms with van der Waals surface area (Å²) in [5.74, 6) is -9.10. The van der Waals surface area contributed by atoms with Gasteiger partial charge in [0.2, 0.25) is 5.78 Å². The zero-order valence-electron chi connectivity index (χ0n) is 23.1. The number of amides is 1. The number of ketones is 2. The number of hydrogen-bond acceptors (Lipinski definition) is 10. The molecule has 6 unspecified atom stereocenters. The molecule has 0 aliphatic heterocycles. The Labute approximate surface area is 231 Å². The van der Waals surface area contributed by atoms with Crippen LogP contribution < -0.4 is 5.73 Å². The third-order valence-electron chi connectivity index (χ3n) is 8.95. The maximum atomic E-state index is 14.0. The molecule has 0 saturated heterocycles. The van der Waals surface area contributed by atoms with Crippen molar-refractivity contribution >= 4 is 17.5 Å². The first-order valence-electron chi connectivity index (χ1n) is 13.1. The number of carbonyl (C=O) groups excluding carboxylic acids is 3. The number of phenols is 1. The van der Waals surface area contributed by atoms with E-state index in [9.17, 15) is 39.9 Å². The number of nitriles is 1. The number of rotatable bonds is 6. The summed E-state index contributed by atoms with van der Waals surface area (Å²) < 4.78 is 0. The van der Waals surface area contributed by atoms with Gasteiger partial charge in [-0.05, 0) is 43.8 Å². The molecule has 0 fully saturated rings. The van der Waals surface area contributed by atoms with Gasteiger partial charge in [-0.3, -0.25) is 19.3 Å². The molecule has 4 rings (SSSR count). The molecule has 0 radical (unpaired) electrons. The molecule has 0 spiro atoms. The number of phenolic OH excluding ortho intramolecular Hbond substituents is 1. The van der Waals surface area contributed by atoms with Crippen molar-refractivity contribution in [3.8, 4) is 11.8 Å². The lowest BCUT2D eigenvalue weighted by atomic mass is 9.55. The number of aliphatic hydroxyl groups excluding tert-OH is 3. The number of unbranched alkanes of at least 4 members (excludes halogenated alkanes) is 1. The fourth-order valence-corrected chi connectivity index (χ4v) is 6.91. The van der Waals surface area contributed by atoms with Crippen molar-refractivity contribution in [3.63, 3.8) is 0 Å². The van der Waals surface area contributed by atoms with Crippen LogP contribution in [-0.2, 0) is 15.0 Å². The molecule has 1 amide bonds. The lowest BCUT2D eigenvalue weighted by molar-refractivity contribution is -0.162. The van der Waals surface area contributed by atoms with E-state index in [1.165, 1.54) is 19.0 Å². The molecule has 1 aromatic carbocycles. The van der Waals surface area contributed by atoms with Gasteiger partial charge in [-0.25, -0.2) is 0 Å². The zero-order chi connectivity index (χ0) is 30.1. The Hall–Kier alpha value is -3.72. The van der Waals surface area contributed by atoms with Gasteiger partial charge in [0.15, 0.2) is 11.4 Å². The van der Waals surface area contributed by atoms with Crippen LogP contribution in [0.4, 0.5) is 0 Å². The van der Waals surface area contributed by atoms with Crippen molar-refractivity contribution < 1.29 is 39.9 Å². The van der Waals surface area contributed by atoms with Gasteiger partial charge < -0.3 is 31.3 Å². The minimum atomic E-state index is -2.95. The second kappa shape index (κ2) is 9.73. The molecule has 3 aliphatic carbocycles. The molecule has 0 bridgehead atoms. The van der Waals surface area contributed by atoms with E-state index >= 15 is 0 Å². The quantitative estimate of drug-likeness (QED) is 0.222. The molecule has 3 aliphatic rings. The number of carbonyl (C=O) groups is 3. The Bertz CT molecular complexity index is 1420. The molecule has 214 valence electrons. The normalized spacial score (nSPS) is 30.1. The minimum absolute atomic E-state index is 0.119. The van der Waals surface area contributed by atoms with Crippen LogP contribution in [0.15, 0.2) is 34.8 Å². The fourth-order valence-electron chi connectivity index (χ4n) is 6.91. The van der Waals surface area contributed by atoms with Crippen LogP contribution in [0.1, 0.15) is 67.4 Å². The van der Waals surface area contributed by atoms with Crippen molar-refractivity contribution in [2.24, 2.45) is 17.6 Å². The Kier molecular flexibility index (Phi) is 7.12. The van der Waals surface area contributed by atoms with Gasteiger partial charge in [-0.1, -0.05) is 32.9 Å². The van der Waals surface area contributed by atoms with Crippen molar-refractivity contribution in [1.82, 2.24) is 4.90 Å². The van der Waals surface area contributed by atoms with E-state index in [1.807, 2.05) is 13.8 Å². The van der Waals surface area contributed by atoms with Crippen LogP contribution in [0.5, 0.6) is 5.75 Å². The van der Waals surface area contributed by atoms with Crippen LogP contribution >= 0.6 is 0 Å². The Morgan fingerprint density at radius 2 is 1.82 bits per heavy atom. The van der Waals surface area contributed by atoms with E-state index in [0.717, 1.165) is 0 Å². The summed E-state index contributed by atoms with van der Waals surface area (Å²) in [7, 11) is 2.98. The van der Waals surface area contributed by atoms with Gasteiger partial charge in [0.05, 0.1) is 29.7 Å². The van der Waals surface area contributed by atoms with Gasteiger partial charge in [-0.2, -0.15) is 5.26 Å². The number of benzene rings is 1. The molecular weight excluding hydrogens is 518 g/mol. The number of Topliss-reactive ketones (excluding diaryl/α,β-unsaturated/α-hetero) is 2. The van der Waals surface area contributed by atoms with E-state index in [-0.39, 0.29) is 11.3 Å². The predicted molar refractivity (Wildman–Crippen MR) is 142 cm³/mol. The van der Waals surface area contributed by atoms with E-state index < -0.39 is 81.1 Å². The molecule has 0 saturated carbocycles. The Balaban J connectivity index is 1.96. The standard InChI is InChI=1S/C29H35N3O8/c1-12-13-8-9-14(28(2,3)10-6-7-11-30)21(33)16(13)22(34)17-15(12)23(35)19-20(32(4)5)24(36)18(27(31)39)26(38)29(19,40)25(17)37/h8-9,12,15,19-20,23,33,35-37,40H,6-7,10H2,1-5H3,(H2,31,39). The van der Waals surface area contributed by atoms with Crippen LogP contribution in [0, 0.1) is 23.2 Å². The number of fused-ring (bicyclic) bond motifs is 3. The Morgan fingerprint density at radius 3 is 2.38 bits per heavy atom. The molecule has 7 N–H and O–H groups in total. The van der Waals surface area contributed by atoms with E-state index in [0.29, 0.717) is 30.4 Å². The highest BCUT2D eigenvalue weighted by atomic mass is 16.4. The van der Waals surface area contributed by atoms with Crippen molar-refractivity contribution in [3.05, 3.63) is 51.5 Å². The molecule has 6 atom stereocenters. The molecule has 0 aromatic heterocycles. The maximum absolute atomic E-state index is 14.0. The average molecular weight is 554 g/mol. The van der Waals surface area contributed by atoms with Crippen LogP contribution in [0.3, 0.4) is 0 Å². The first kappa shape index (κ1) is 29.3. The zero-order valence-corrected chi connectivity index (χ0v) is 23.1. The third-order valence-corrected chi connectivity index (χ3v) is 8.95. The van der Waals surface area contributed by atoms with Crippen molar-refractivity contribution in [1.29, 1.82) is 5.26 Å². The minimum Gasteiger partial charge on any atom is -0.510 e.